The van der Waals surface area contributed by atoms with Crippen molar-refractivity contribution in [3.63, 3.8) is 0 Å². The highest BCUT2D eigenvalue weighted by atomic mass is 19.4. The van der Waals surface area contributed by atoms with Gasteiger partial charge >= 0.3 is 41.7 Å². The van der Waals surface area contributed by atoms with Gasteiger partial charge in [-0.3, -0.25) is 4.79 Å². The molecule has 1 rings (SSSR count). The molecular formula is C14H13F15N2O. The maximum Gasteiger partial charge on any atom is 0.460 e. The molecular weight excluding hydrogens is 497 g/mol. The Kier molecular flexibility index (Phi) is 7.10. The molecule has 1 aliphatic carbocycles. The molecule has 32 heavy (non-hydrogen) atoms. The molecule has 18 heteroatoms. The highest BCUT2D eigenvalue weighted by Crippen LogP contribution is 2.62. The van der Waals surface area contributed by atoms with E-state index in [1.165, 1.54) is 0 Å². The van der Waals surface area contributed by atoms with Gasteiger partial charge in [0.1, 0.15) is 0 Å². The number of carbonyl (C=O) groups excluding carboxylic acids is 1. The molecule has 0 saturated heterocycles. The first-order valence-corrected chi connectivity index (χ1v) is 8.31. The van der Waals surface area contributed by atoms with Gasteiger partial charge in [0.25, 0.3) is 5.91 Å². The Bertz CT molecular complexity index is 703. The van der Waals surface area contributed by atoms with E-state index in [2.05, 4.69) is 0 Å². The van der Waals surface area contributed by atoms with E-state index in [1.807, 2.05) is 0 Å². The second-order valence-electron chi connectivity index (χ2n) is 6.97. The fraction of sp³-hybridized carbons (Fsp3) is 0.929. The summed E-state index contributed by atoms with van der Waals surface area (Å²) >= 11 is 0. The zero-order chi connectivity index (χ0) is 25.8. The first-order valence-electron chi connectivity index (χ1n) is 8.31. The van der Waals surface area contributed by atoms with Crippen molar-refractivity contribution in [1.29, 1.82) is 0 Å². The van der Waals surface area contributed by atoms with E-state index < -0.39 is 59.7 Å². The highest BCUT2D eigenvalue weighted by Gasteiger charge is 2.94. The van der Waals surface area contributed by atoms with Gasteiger partial charge < -0.3 is 11.1 Å². The van der Waals surface area contributed by atoms with Gasteiger partial charge in [0.05, 0.1) is 0 Å². The van der Waals surface area contributed by atoms with Crippen molar-refractivity contribution < 1.29 is 70.7 Å². The van der Waals surface area contributed by atoms with Crippen molar-refractivity contribution in [2.24, 2.45) is 5.73 Å². The topological polar surface area (TPSA) is 55.1 Å². The maximum atomic E-state index is 13.8. The summed E-state index contributed by atoms with van der Waals surface area (Å²) in [5.74, 6) is -51.4. The largest absolute Gasteiger partial charge is 0.460 e. The summed E-state index contributed by atoms with van der Waals surface area (Å²) in [4.78, 5) is 11.4. The van der Waals surface area contributed by atoms with Crippen LogP contribution < -0.4 is 11.1 Å². The molecule has 0 radical (unpaired) electrons. The van der Waals surface area contributed by atoms with Crippen LogP contribution in [0.25, 0.3) is 0 Å². The molecule has 1 amide bonds. The van der Waals surface area contributed by atoms with Gasteiger partial charge in [-0.25, -0.2) is 0 Å². The average molecular weight is 510 g/mol. The fourth-order valence-electron chi connectivity index (χ4n) is 2.71. The standard InChI is InChI=1S/C14H13F15N2O/c15-8(16,7(32)31-6-4-2-1-3-5(6)30)9(17,18)10(19,20)11(21,22)12(23,24)13(25,26)14(27,28)29/h5-6H,1-4,30H2,(H,31,32)/t5-,6-/m0/s1. The van der Waals surface area contributed by atoms with Crippen LogP contribution in [-0.2, 0) is 4.79 Å². The van der Waals surface area contributed by atoms with E-state index in [0.717, 1.165) is 5.32 Å². The Morgan fingerprint density at radius 1 is 0.625 bits per heavy atom. The first-order chi connectivity index (χ1) is 13.9. The third kappa shape index (κ3) is 3.95. The lowest BCUT2D eigenvalue weighted by Gasteiger charge is -2.41. The smallest absolute Gasteiger partial charge is 0.346 e. The normalized spacial score (nSPS) is 22.6. The van der Waals surface area contributed by atoms with E-state index >= 15 is 0 Å². The van der Waals surface area contributed by atoms with Gasteiger partial charge in [-0.1, -0.05) is 12.8 Å². The molecule has 3 nitrogen and oxygen atoms in total. The Hall–Kier alpha value is -1.62. The summed E-state index contributed by atoms with van der Waals surface area (Å²) in [6.07, 6.45) is -7.40. The van der Waals surface area contributed by atoms with Crippen LogP contribution in [0.2, 0.25) is 0 Å². The SMILES string of the molecule is N[C@H]1CCCC[C@@H]1NC(=O)C(F)(F)C(F)(F)C(F)(F)C(F)(F)C(F)(F)C(F)(F)C(F)(F)F. The number of carbonyl (C=O) groups is 1. The van der Waals surface area contributed by atoms with Crippen LogP contribution >= 0.6 is 0 Å². The molecule has 1 aliphatic rings. The Morgan fingerprint density at radius 3 is 1.41 bits per heavy atom. The molecule has 0 aromatic rings. The van der Waals surface area contributed by atoms with Gasteiger partial charge in [-0.05, 0) is 12.8 Å². The van der Waals surface area contributed by atoms with Crippen LogP contribution in [0.5, 0.6) is 0 Å². The number of amides is 1. The van der Waals surface area contributed by atoms with Crippen LogP contribution in [0, 0.1) is 0 Å². The summed E-state index contributed by atoms with van der Waals surface area (Å²) in [6.45, 7) is 0. The molecule has 190 valence electrons. The minimum absolute atomic E-state index is 0.0138. The number of alkyl halides is 15. The average Bonchev–Trinajstić information content (AvgIpc) is 2.61. The molecule has 0 aromatic carbocycles. The number of hydrogen-bond acceptors (Lipinski definition) is 2. The second kappa shape index (κ2) is 8.00. The van der Waals surface area contributed by atoms with Crippen LogP contribution in [-0.4, -0.2) is 59.7 Å². The lowest BCUT2D eigenvalue weighted by atomic mass is 9.89. The van der Waals surface area contributed by atoms with Crippen molar-refractivity contribution in [3.05, 3.63) is 0 Å². The quantitative estimate of drug-likeness (QED) is 0.487. The van der Waals surface area contributed by atoms with Crippen molar-refractivity contribution >= 4 is 5.91 Å². The molecule has 1 fully saturated rings. The summed E-state index contributed by atoms with van der Waals surface area (Å²) in [5.41, 5.74) is 5.38. The van der Waals surface area contributed by atoms with E-state index in [1.54, 1.807) is 0 Å². The number of nitrogens with two attached hydrogens (primary N) is 1. The minimum Gasteiger partial charge on any atom is -0.346 e. The fourth-order valence-corrected chi connectivity index (χ4v) is 2.71. The van der Waals surface area contributed by atoms with Crippen molar-refractivity contribution in [1.82, 2.24) is 5.32 Å². The highest BCUT2D eigenvalue weighted by molar-refractivity contribution is 5.85. The predicted octanol–water partition coefficient (Wildman–Crippen LogP) is 4.75. The van der Waals surface area contributed by atoms with Gasteiger partial charge in [-0.2, -0.15) is 65.9 Å². The summed E-state index contributed by atoms with van der Waals surface area (Å²) in [6, 6.07) is -2.75. The van der Waals surface area contributed by atoms with Gasteiger partial charge in [0, 0.05) is 12.1 Å². The molecule has 1 saturated carbocycles. The summed E-state index contributed by atoms with van der Waals surface area (Å²) < 4.78 is 196. The lowest BCUT2D eigenvalue weighted by molar-refractivity contribution is -0.449. The van der Waals surface area contributed by atoms with Crippen LogP contribution in [0.1, 0.15) is 25.7 Å². The molecule has 3 N–H and O–H groups in total. The zero-order valence-corrected chi connectivity index (χ0v) is 15.1. The van der Waals surface area contributed by atoms with E-state index in [-0.39, 0.29) is 19.3 Å². The van der Waals surface area contributed by atoms with Crippen molar-refractivity contribution in [2.75, 3.05) is 0 Å². The minimum atomic E-state index is -8.42. The Morgan fingerprint density at radius 2 is 1.00 bits per heavy atom. The maximum absolute atomic E-state index is 13.8. The van der Waals surface area contributed by atoms with E-state index in [0.29, 0.717) is 6.42 Å². The third-order valence-electron chi connectivity index (χ3n) is 4.75. The molecule has 0 aliphatic heterocycles. The number of rotatable bonds is 7. The predicted molar refractivity (Wildman–Crippen MR) is 74.1 cm³/mol. The number of hydrogen-bond donors (Lipinski definition) is 2. The third-order valence-corrected chi connectivity index (χ3v) is 4.75. The van der Waals surface area contributed by atoms with Gasteiger partial charge in [-0.15, -0.1) is 0 Å². The monoisotopic (exact) mass is 510 g/mol. The van der Waals surface area contributed by atoms with Crippen molar-refractivity contribution in [3.8, 4) is 0 Å². The summed E-state index contributed by atoms with van der Waals surface area (Å²) in [5, 5.41) is 1.04. The lowest BCUT2D eigenvalue weighted by Crippen LogP contribution is -2.74. The van der Waals surface area contributed by atoms with E-state index in [9.17, 15) is 70.7 Å². The molecule has 0 unspecified atom stereocenters. The van der Waals surface area contributed by atoms with Crippen molar-refractivity contribution in [2.45, 2.75) is 79.5 Å². The van der Waals surface area contributed by atoms with Gasteiger partial charge in [0.15, 0.2) is 0 Å². The molecule has 0 aromatic heterocycles. The number of nitrogens with one attached hydrogen (secondary N) is 1. The molecule has 2 atom stereocenters. The Balaban J connectivity index is 3.40. The van der Waals surface area contributed by atoms with Gasteiger partial charge in [0.2, 0.25) is 0 Å². The van der Waals surface area contributed by atoms with E-state index in [4.69, 9.17) is 5.73 Å². The number of halogens is 15. The molecule has 0 heterocycles. The molecule has 0 bridgehead atoms. The first kappa shape index (κ1) is 28.4. The summed E-state index contributed by atoms with van der Waals surface area (Å²) in [7, 11) is 0. The van der Waals surface area contributed by atoms with Crippen LogP contribution in [0.4, 0.5) is 65.9 Å². The zero-order valence-electron chi connectivity index (χ0n) is 15.1. The van der Waals surface area contributed by atoms with Crippen LogP contribution in [0.15, 0.2) is 0 Å². The Labute approximate surface area is 168 Å². The van der Waals surface area contributed by atoms with Crippen LogP contribution in [0.3, 0.4) is 0 Å². The molecule has 0 spiro atoms. The second-order valence-corrected chi connectivity index (χ2v) is 6.97.